The van der Waals surface area contributed by atoms with E-state index in [0.717, 1.165) is 30.4 Å². The van der Waals surface area contributed by atoms with Crippen LogP contribution >= 0.6 is 0 Å². The SMILES string of the molecule is C=C1C=C(c2ccc(C(=O)O)cc2)CCC1. The molecule has 0 radical (unpaired) electrons. The Labute approximate surface area is 94.9 Å². The Morgan fingerprint density at radius 2 is 1.88 bits per heavy atom. The van der Waals surface area contributed by atoms with Crippen LogP contribution < -0.4 is 0 Å². The zero-order valence-electron chi connectivity index (χ0n) is 9.07. The molecule has 0 amide bonds. The van der Waals surface area contributed by atoms with Crippen LogP contribution in [0.5, 0.6) is 0 Å². The monoisotopic (exact) mass is 214 g/mol. The molecule has 2 nitrogen and oxygen atoms in total. The summed E-state index contributed by atoms with van der Waals surface area (Å²) in [6.45, 7) is 3.97. The van der Waals surface area contributed by atoms with Crippen LogP contribution in [0.4, 0.5) is 0 Å². The van der Waals surface area contributed by atoms with Crippen LogP contribution in [0.1, 0.15) is 35.2 Å². The molecule has 1 aromatic carbocycles. The number of aromatic carboxylic acids is 1. The predicted molar refractivity (Wildman–Crippen MR) is 64.4 cm³/mol. The molecule has 0 aliphatic heterocycles. The third-order valence-corrected chi connectivity index (χ3v) is 2.83. The first-order chi connectivity index (χ1) is 7.66. The highest BCUT2D eigenvalue weighted by Crippen LogP contribution is 2.28. The second-order valence-electron chi connectivity index (χ2n) is 4.06. The van der Waals surface area contributed by atoms with Crippen molar-refractivity contribution in [2.45, 2.75) is 19.3 Å². The van der Waals surface area contributed by atoms with E-state index in [9.17, 15) is 4.79 Å². The molecule has 0 spiro atoms. The van der Waals surface area contributed by atoms with Gasteiger partial charge in [-0.2, -0.15) is 0 Å². The molecule has 0 saturated carbocycles. The Kier molecular flexibility index (Phi) is 2.91. The first kappa shape index (κ1) is 10.7. The normalized spacial score (nSPS) is 15.8. The van der Waals surface area contributed by atoms with Gasteiger partial charge in [0.1, 0.15) is 0 Å². The zero-order chi connectivity index (χ0) is 11.5. The van der Waals surface area contributed by atoms with Crippen molar-refractivity contribution in [3.63, 3.8) is 0 Å². The highest BCUT2D eigenvalue weighted by molar-refractivity contribution is 5.88. The van der Waals surface area contributed by atoms with Gasteiger partial charge < -0.3 is 5.11 Å². The van der Waals surface area contributed by atoms with Gasteiger partial charge in [0.25, 0.3) is 0 Å². The molecule has 1 N–H and O–H groups in total. The smallest absolute Gasteiger partial charge is 0.335 e. The van der Waals surface area contributed by atoms with Gasteiger partial charge >= 0.3 is 5.97 Å². The van der Waals surface area contributed by atoms with Crippen molar-refractivity contribution in [1.82, 2.24) is 0 Å². The molecule has 2 heteroatoms. The van der Waals surface area contributed by atoms with Gasteiger partial charge in [-0.05, 0) is 42.5 Å². The van der Waals surface area contributed by atoms with E-state index in [1.54, 1.807) is 12.1 Å². The molecular formula is C14H14O2. The second-order valence-corrected chi connectivity index (χ2v) is 4.06. The fraction of sp³-hybridized carbons (Fsp3) is 0.214. The molecule has 0 unspecified atom stereocenters. The predicted octanol–water partition coefficient (Wildman–Crippen LogP) is 3.51. The number of carbonyl (C=O) groups is 1. The molecule has 1 aliphatic rings. The van der Waals surface area contributed by atoms with E-state index in [2.05, 4.69) is 12.7 Å². The third kappa shape index (κ3) is 2.22. The van der Waals surface area contributed by atoms with Gasteiger partial charge in [0.05, 0.1) is 5.56 Å². The van der Waals surface area contributed by atoms with Crippen molar-refractivity contribution in [3.05, 3.63) is 53.6 Å². The van der Waals surface area contributed by atoms with E-state index in [4.69, 9.17) is 5.11 Å². The number of rotatable bonds is 2. The highest BCUT2D eigenvalue weighted by Gasteiger charge is 2.09. The van der Waals surface area contributed by atoms with Crippen molar-refractivity contribution >= 4 is 11.5 Å². The molecule has 0 aromatic heterocycles. The van der Waals surface area contributed by atoms with Crippen molar-refractivity contribution in [1.29, 1.82) is 0 Å². The summed E-state index contributed by atoms with van der Waals surface area (Å²) in [5, 5.41) is 8.80. The molecule has 0 atom stereocenters. The summed E-state index contributed by atoms with van der Waals surface area (Å²) in [5.41, 5.74) is 3.85. The van der Waals surface area contributed by atoms with Crippen molar-refractivity contribution in [2.75, 3.05) is 0 Å². The fourth-order valence-electron chi connectivity index (χ4n) is 1.95. The topological polar surface area (TPSA) is 37.3 Å². The molecule has 0 saturated heterocycles. The van der Waals surface area contributed by atoms with Gasteiger partial charge in [-0.25, -0.2) is 4.79 Å². The Hall–Kier alpha value is -1.83. The van der Waals surface area contributed by atoms with Crippen LogP contribution in [-0.4, -0.2) is 11.1 Å². The van der Waals surface area contributed by atoms with Gasteiger partial charge in [0.15, 0.2) is 0 Å². The summed E-state index contributed by atoms with van der Waals surface area (Å²) in [6, 6.07) is 7.04. The summed E-state index contributed by atoms with van der Waals surface area (Å²) >= 11 is 0. The lowest BCUT2D eigenvalue weighted by Crippen LogP contribution is -1.97. The molecule has 0 fully saturated rings. The van der Waals surface area contributed by atoms with E-state index in [1.807, 2.05) is 12.1 Å². The number of carboxylic acid groups (broad SMARTS) is 1. The average molecular weight is 214 g/mol. The molecule has 0 heterocycles. The quantitative estimate of drug-likeness (QED) is 0.818. The van der Waals surface area contributed by atoms with E-state index in [0.29, 0.717) is 5.56 Å². The van der Waals surface area contributed by atoms with Gasteiger partial charge in [0.2, 0.25) is 0 Å². The maximum atomic E-state index is 10.7. The molecule has 82 valence electrons. The van der Waals surface area contributed by atoms with Crippen LogP contribution in [0.25, 0.3) is 5.57 Å². The molecule has 1 aliphatic carbocycles. The van der Waals surface area contributed by atoms with Crippen LogP contribution in [0, 0.1) is 0 Å². The van der Waals surface area contributed by atoms with Gasteiger partial charge in [-0.3, -0.25) is 0 Å². The molecule has 2 rings (SSSR count). The van der Waals surface area contributed by atoms with E-state index < -0.39 is 5.97 Å². The van der Waals surface area contributed by atoms with Gasteiger partial charge in [0, 0.05) is 0 Å². The van der Waals surface area contributed by atoms with E-state index >= 15 is 0 Å². The Morgan fingerprint density at radius 1 is 1.19 bits per heavy atom. The van der Waals surface area contributed by atoms with Crippen LogP contribution in [-0.2, 0) is 0 Å². The van der Waals surface area contributed by atoms with Crippen LogP contribution in [0.2, 0.25) is 0 Å². The summed E-state index contributed by atoms with van der Waals surface area (Å²) in [5.74, 6) is -0.881. The summed E-state index contributed by atoms with van der Waals surface area (Å²) in [6.07, 6.45) is 5.35. The minimum atomic E-state index is -0.881. The van der Waals surface area contributed by atoms with Crippen molar-refractivity contribution in [2.24, 2.45) is 0 Å². The number of benzene rings is 1. The number of hydrogen-bond acceptors (Lipinski definition) is 1. The summed E-state index contributed by atoms with van der Waals surface area (Å²) < 4.78 is 0. The minimum Gasteiger partial charge on any atom is -0.478 e. The van der Waals surface area contributed by atoms with Crippen molar-refractivity contribution in [3.8, 4) is 0 Å². The Balaban J connectivity index is 2.28. The van der Waals surface area contributed by atoms with Crippen molar-refractivity contribution < 1.29 is 9.90 Å². The standard InChI is InChI=1S/C14H14O2/c1-10-3-2-4-13(9-10)11-5-7-12(8-6-11)14(15)16/h5-9H,1-4H2,(H,15,16). The Morgan fingerprint density at radius 3 is 2.44 bits per heavy atom. The summed E-state index contributed by atoms with van der Waals surface area (Å²) in [7, 11) is 0. The number of carboxylic acids is 1. The highest BCUT2D eigenvalue weighted by atomic mass is 16.4. The lowest BCUT2D eigenvalue weighted by Gasteiger charge is -2.14. The molecule has 16 heavy (non-hydrogen) atoms. The number of allylic oxidation sites excluding steroid dienone is 3. The van der Waals surface area contributed by atoms with Gasteiger partial charge in [-0.15, -0.1) is 0 Å². The Bertz CT molecular complexity index is 452. The van der Waals surface area contributed by atoms with Crippen LogP contribution in [0.15, 0.2) is 42.5 Å². The maximum absolute atomic E-state index is 10.7. The minimum absolute atomic E-state index is 0.332. The first-order valence-corrected chi connectivity index (χ1v) is 5.39. The van der Waals surface area contributed by atoms with Gasteiger partial charge in [-0.1, -0.05) is 30.4 Å². The first-order valence-electron chi connectivity index (χ1n) is 5.39. The average Bonchev–Trinajstić information content (AvgIpc) is 2.29. The molecule has 1 aromatic rings. The third-order valence-electron chi connectivity index (χ3n) is 2.83. The lowest BCUT2D eigenvalue weighted by molar-refractivity contribution is 0.0697. The van der Waals surface area contributed by atoms with E-state index in [-0.39, 0.29) is 0 Å². The maximum Gasteiger partial charge on any atom is 0.335 e. The second kappa shape index (κ2) is 4.35. The van der Waals surface area contributed by atoms with E-state index in [1.165, 1.54) is 5.57 Å². The van der Waals surface area contributed by atoms with Crippen LogP contribution in [0.3, 0.4) is 0 Å². The lowest BCUT2D eigenvalue weighted by atomic mass is 9.91. The molecule has 0 bridgehead atoms. The molecular weight excluding hydrogens is 200 g/mol. The zero-order valence-corrected chi connectivity index (χ0v) is 9.07. The number of hydrogen-bond donors (Lipinski definition) is 1. The fourth-order valence-corrected chi connectivity index (χ4v) is 1.95. The summed E-state index contributed by atoms with van der Waals surface area (Å²) in [4.78, 5) is 10.7. The largest absolute Gasteiger partial charge is 0.478 e.